The zero-order valence-electron chi connectivity index (χ0n) is 14.2. The molecule has 7 heteroatoms. The third kappa shape index (κ3) is 4.36. The molecule has 1 saturated heterocycles. The van der Waals surface area contributed by atoms with Crippen molar-refractivity contribution in [3.8, 4) is 5.75 Å². The predicted octanol–water partition coefficient (Wildman–Crippen LogP) is 2.18. The van der Waals surface area contributed by atoms with E-state index in [-0.39, 0.29) is 24.8 Å². The van der Waals surface area contributed by atoms with Crippen LogP contribution in [0.2, 0.25) is 0 Å². The Morgan fingerprint density at radius 2 is 2.36 bits per heavy atom. The summed E-state index contributed by atoms with van der Waals surface area (Å²) < 4.78 is 24.7. The van der Waals surface area contributed by atoms with E-state index in [0.29, 0.717) is 18.8 Å². The van der Waals surface area contributed by atoms with E-state index >= 15 is 0 Å². The van der Waals surface area contributed by atoms with E-state index in [0.717, 1.165) is 18.5 Å². The summed E-state index contributed by atoms with van der Waals surface area (Å²) in [5.74, 6) is 0.137. The molecule has 1 atom stereocenters. The van der Waals surface area contributed by atoms with Gasteiger partial charge in [0.25, 0.3) is 0 Å². The fourth-order valence-electron chi connectivity index (χ4n) is 3.08. The minimum Gasteiger partial charge on any atom is -0.490 e. The van der Waals surface area contributed by atoms with Gasteiger partial charge in [-0.3, -0.25) is 4.79 Å². The van der Waals surface area contributed by atoms with Gasteiger partial charge in [0, 0.05) is 31.6 Å². The number of rotatable bonds is 6. The maximum absolute atomic E-state index is 13.3. The minimum atomic E-state index is -0.589. The molecule has 1 N–H and O–H groups in total. The van der Waals surface area contributed by atoms with Crippen LogP contribution >= 0.6 is 0 Å². The van der Waals surface area contributed by atoms with Gasteiger partial charge in [-0.1, -0.05) is 6.07 Å². The molecule has 0 saturated carbocycles. The number of imidazole rings is 1. The number of likely N-dealkylation sites (tertiary alicyclic amines) is 1. The molecule has 1 aromatic heterocycles. The Morgan fingerprint density at radius 1 is 1.48 bits per heavy atom. The normalized spacial score (nSPS) is 20.5. The molecule has 2 aromatic rings. The first-order valence-electron chi connectivity index (χ1n) is 8.29. The van der Waals surface area contributed by atoms with Crippen molar-refractivity contribution in [2.24, 2.45) is 0 Å². The van der Waals surface area contributed by atoms with E-state index in [2.05, 4.69) is 9.97 Å². The van der Waals surface area contributed by atoms with Gasteiger partial charge in [-0.2, -0.15) is 0 Å². The Balaban J connectivity index is 1.63. The number of aromatic amines is 1. The van der Waals surface area contributed by atoms with Crippen LogP contribution in [0.3, 0.4) is 0 Å². The predicted molar refractivity (Wildman–Crippen MR) is 89.7 cm³/mol. The van der Waals surface area contributed by atoms with Gasteiger partial charge < -0.3 is 19.4 Å². The zero-order chi connectivity index (χ0) is 17.7. The molecule has 0 bridgehead atoms. The highest BCUT2D eigenvalue weighted by Gasteiger charge is 2.38. The first-order valence-corrected chi connectivity index (χ1v) is 8.29. The summed E-state index contributed by atoms with van der Waals surface area (Å²) in [7, 11) is 1.62. The number of methoxy groups -OCH3 is 1. The number of H-pyrrole nitrogens is 1. The van der Waals surface area contributed by atoms with E-state index < -0.39 is 5.60 Å². The van der Waals surface area contributed by atoms with Gasteiger partial charge in [-0.25, -0.2) is 9.37 Å². The molecule has 3 rings (SSSR count). The molecule has 134 valence electrons. The maximum atomic E-state index is 13.3. The molecule has 0 unspecified atom stereocenters. The van der Waals surface area contributed by atoms with Crippen molar-refractivity contribution in [3.63, 3.8) is 0 Å². The van der Waals surface area contributed by atoms with Crippen LogP contribution in [0.5, 0.6) is 5.75 Å². The lowest BCUT2D eigenvalue weighted by molar-refractivity contribution is -0.142. The van der Waals surface area contributed by atoms with Crippen LogP contribution < -0.4 is 4.74 Å². The van der Waals surface area contributed by atoms with Crippen LogP contribution in [-0.2, 0) is 16.0 Å². The molecule has 1 aliphatic heterocycles. The fraction of sp³-hybridized carbons (Fsp3) is 0.444. The Hall–Kier alpha value is -2.41. The summed E-state index contributed by atoms with van der Waals surface area (Å²) >= 11 is 0. The Bertz CT molecular complexity index is 707. The molecule has 2 heterocycles. The van der Waals surface area contributed by atoms with Crippen LogP contribution in [0.25, 0.3) is 0 Å². The number of aromatic nitrogens is 2. The summed E-state index contributed by atoms with van der Waals surface area (Å²) in [6.07, 6.45) is 5.11. The molecular formula is C18H22FN3O3. The van der Waals surface area contributed by atoms with Gasteiger partial charge >= 0.3 is 0 Å². The van der Waals surface area contributed by atoms with E-state index in [1.54, 1.807) is 36.7 Å². The number of carbonyl (C=O) groups is 1. The van der Waals surface area contributed by atoms with Gasteiger partial charge in [0.15, 0.2) is 0 Å². The summed E-state index contributed by atoms with van der Waals surface area (Å²) in [6.45, 7) is 1.41. The number of halogens is 1. The number of amides is 1. The van der Waals surface area contributed by atoms with Crippen molar-refractivity contribution in [3.05, 3.63) is 48.3 Å². The molecule has 0 radical (unpaired) electrons. The number of hydrogen-bond acceptors (Lipinski definition) is 4. The van der Waals surface area contributed by atoms with E-state index in [9.17, 15) is 9.18 Å². The summed E-state index contributed by atoms with van der Waals surface area (Å²) in [5.41, 5.74) is 0.198. The molecule has 1 aromatic carbocycles. The van der Waals surface area contributed by atoms with Gasteiger partial charge in [0.1, 0.15) is 23.8 Å². The van der Waals surface area contributed by atoms with Crippen molar-refractivity contribution >= 4 is 5.91 Å². The number of benzene rings is 1. The van der Waals surface area contributed by atoms with E-state index in [1.165, 1.54) is 12.1 Å². The van der Waals surface area contributed by atoms with Crippen LogP contribution in [0.1, 0.15) is 18.5 Å². The van der Waals surface area contributed by atoms with Gasteiger partial charge in [0.05, 0.1) is 19.3 Å². The molecular weight excluding hydrogens is 325 g/mol. The van der Waals surface area contributed by atoms with Crippen LogP contribution in [0.15, 0.2) is 36.8 Å². The maximum Gasteiger partial charge on any atom is 0.228 e. The smallest absolute Gasteiger partial charge is 0.228 e. The molecule has 6 nitrogen and oxygen atoms in total. The summed E-state index contributed by atoms with van der Waals surface area (Å²) in [6, 6.07) is 6.02. The van der Waals surface area contributed by atoms with Gasteiger partial charge in [-0.05, 0) is 25.0 Å². The molecule has 1 fully saturated rings. The Labute approximate surface area is 146 Å². The van der Waals surface area contributed by atoms with Crippen molar-refractivity contribution in [1.82, 2.24) is 14.9 Å². The second kappa shape index (κ2) is 7.65. The van der Waals surface area contributed by atoms with Gasteiger partial charge in [0.2, 0.25) is 5.91 Å². The first kappa shape index (κ1) is 17.4. The lowest BCUT2D eigenvalue weighted by atomic mass is 9.93. The number of ether oxygens (including phenoxy) is 2. The molecule has 0 aliphatic carbocycles. The fourth-order valence-corrected chi connectivity index (χ4v) is 3.08. The average molecular weight is 347 g/mol. The van der Waals surface area contributed by atoms with Gasteiger partial charge in [-0.15, -0.1) is 0 Å². The number of piperidine rings is 1. The Morgan fingerprint density at radius 3 is 3.08 bits per heavy atom. The average Bonchev–Trinajstić information content (AvgIpc) is 3.13. The second-order valence-electron chi connectivity index (χ2n) is 6.31. The molecule has 1 amide bonds. The molecule has 0 spiro atoms. The van der Waals surface area contributed by atoms with Crippen LogP contribution in [-0.4, -0.2) is 53.2 Å². The number of hydrogen-bond donors (Lipinski definition) is 1. The standard InChI is InChI=1S/C18H22FN3O3/c1-24-18(12-25-16-5-2-4-14(19)8-16)6-3-7-22(11-18)17(23)9-15-10-20-13-21-15/h2,4-5,8,10,13H,3,6-7,9,11-12H2,1H3,(H,20,21)/t18-/m0/s1. The monoisotopic (exact) mass is 347 g/mol. The zero-order valence-corrected chi connectivity index (χ0v) is 14.2. The third-order valence-corrected chi connectivity index (χ3v) is 4.52. The quantitative estimate of drug-likeness (QED) is 0.870. The largest absolute Gasteiger partial charge is 0.490 e. The Kier molecular flexibility index (Phi) is 5.33. The number of nitrogens with one attached hydrogen (secondary N) is 1. The summed E-state index contributed by atoms with van der Waals surface area (Å²) in [5, 5.41) is 0. The number of carbonyl (C=O) groups excluding carboxylic acids is 1. The SMILES string of the molecule is CO[C@@]1(COc2cccc(F)c2)CCCN(C(=O)Cc2cnc[nH]2)C1. The highest BCUT2D eigenvalue weighted by atomic mass is 19.1. The van der Waals surface area contributed by atoms with Crippen molar-refractivity contribution in [1.29, 1.82) is 0 Å². The second-order valence-corrected chi connectivity index (χ2v) is 6.31. The van der Waals surface area contributed by atoms with Crippen LogP contribution in [0, 0.1) is 5.82 Å². The summed E-state index contributed by atoms with van der Waals surface area (Å²) in [4.78, 5) is 21.2. The highest BCUT2D eigenvalue weighted by molar-refractivity contribution is 5.78. The van der Waals surface area contributed by atoms with Crippen molar-refractivity contribution < 1.29 is 18.7 Å². The number of nitrogens with zero attached hydrogens (tertiary/aromatic N) is 2. The molecule has 25 heavy (non-hydrogen) atoms. The van der Waals surface area contributed by atoms with Crippen LogP contribution in [0.4, 0.5) is 4.39 Å². The van der Waals surface area contributed by atoms with Crippen molar-refractivity contribution in [2.45, 2.75) is 24.9 Å². The minimum absolute atomic E-state index is 0.0242. The first-order chi connectivity index (χ1) is 12.1. The lowest BCUT2D eigenvalue weighted by Gasteiger charge is -2.41. The highest BCUT2D eigenvalue weighted by Crippen LogP contribution is 2.26. The lowest BCUT2D eigenvalue weighted by Crippen LogP contribution is -2.54. The van der Waals surface area contributed by atoms with E-state index in [1.807, 2.05) is 0 Å². The van der Waals surface area contributed by atoms with E-state index in [4.69, 9.17) is 9.47 Å². The third-order valence-electron chi connectivity index (χ3n) is 4.52. The molecule has 1 aliphatic rings. The van der Waals surface area contributed by atoms with Crippen molar-refractivity contribution in [2.75, 3.05) is 26.8 Å². The topological polar surface area (TPSA) is 67.5 Å².